The summed E-state index contributed by atoms with van der Waals surface area (Å²) in [5.41, 5.74) is -4.23. The number of hydrogen-bond donors (Lipinski definition) is 9. The monoisotopic (exact) mass is 1040 g/mol. The van der Waals surface area contributed by atoms with E-state index in [0.717, 1.165) is 10.8 Å². The molecule has 20 nitrogen and oxygen atoms in total. The molecule has 1 rings (SSSR count). The minimum Gasteiger partial charge on any atom is -0.481 e. The van der Waals surface area contributed by atoms with Crippen LogP contribution in [0.5, 0.6) is 0 Å². The second kappa shape index (κ2) is 28.4. The number of carbonyl (C=O) groups is 9. The minimum absolute atomic E-state index is 0.00762. The number of ether oxygens (including phenoxy) is 2. The summed E-state index contributed by atoms with van der Waals surface area (Å²) in [6.07, 6.45) is 1.80. The van der Waals surface area contributed by atoms with Gasteiger partial charge < -0.3 is 51.4 Å². The fourth-order valence-corrected chi connectivity index (χ4v) is 7.65. The van der Waals surface area contributed by atoms with Gasteiger partial charge in [0.15, 0.2) is 11.6 Å². The van der Waals surface area contributed by atoms with Crippen molar-refractivity contribution in [3.63, 3.8) is 0 Å². The van der Waals surface area contributed by atoms with Crippen molar-refractivity contribution in [2.75, 3.05) is 57.0 Å². The van der Waals surface area contributed by atoms with Gasteiger partial charge in [0.2, 0.25) is 23.6 Å². The molecule has 0 aromatic carbocycles. The number of alkyl halides is 1. The lowest BCUT2D eigenvalue weighted by molar-refractivity contribution is -0.150. The molecule has 1 aliphatic rings. The Hall–Kier alpha value is -3.80. The lowest BCUT2D eigenvalue weighted by Gasteiger charge is -2.33. The van der Waals surface area contributed by atoms with Crippen LogP contribution in [0, 0.1) is 22.7 Å². The molecular formula is C44H75IN6O14. The van der Waals surface area contributed by atoms with Crippen LogP contribution in [-0.2, 0) is 52.6 Å². The number of halogens is 1. The molecule has 4 amide bonds. The van der Waals surface area contributed by atoms with Gasteiger partial charge in [0, 0.05) is 48.2 Å². The zero-order valence-corrected chi connectivity index (χ0v) is 41.6. The number of rotatable bonds is 34. The molecule has 0 saturated heterocycles. The Kier molecular flexibility index (Phi) is 25.9. The Morgan fingerprint density at radius 2 is 1.29 bits per heavy atom. The van der Waals surface area contributed by atoms with Crippen LogP contribution >= 0.6 is 22.6 Å². The van der Waals surface area contributed by atoms with Gasteiger partial charge in [-0.05, 0) is 98.8 Å². The molecule has 0 radical (unpaired) electrons. The molecule has 1 fully saturated rings. The molecule has 0 aliphatic heterocycles. The van der Waals surface area contributed by atoms with Crippen molar-refractivity contribution < 1.29 is 67.9 Å². The molecule has 2 atom stereocenters. The third kappa shape index (κ3) is 23.0. The predicted molar refractivity (Wildman–Crippen MR) is 248 cm³/mol. The number of nitrogens with one attached hydrogen (secondary N) is 6. The summed E-state index contributed by atoms with van der Waals surface area (Å²) in [4.78, 5) is 112. The average molecular weight is 1040 g/mol. The fraction of sp³-hybridized carbons (Fsp3) is 0.795. The topological polar surface area (TPSA) is 305 Å². The first kappa shape index (κ1) is 59.2. The molecule has 65 heavy (non-hydrogen) atoms. The van der Waals surface area contributed by atoms with Gasteiger partial charge in [0.05, 0.1) is 48.9 Å². The number of carboxylic acids is 3. The largest absolute Gasteiger partial charge is 0.481 e. The van der Waals surface area contributed by atoms with Gasteiger partial charge in [-0.1, -0.05) is 36.4 Å². The summed E-state index contributed by atoms with van der Waals surface area (Å²) in [6.45, 7) is 14.3. The average Bonchev–Trinajstić information content (AvgIpc) is 3.22. The van der Waals surface area contributed by atoms with Gasteiger partial charge in [-0.25, -0.2) is 4.79 Å². The van der Waals surface area contributed by atoms with Crippen molar-refractivity contribution in [3.05, 3.63) is 0 Å². The first-order valence-corrected chi connectivity index (χ1v) is 23.8. The molecule has 0 bridgehead atoms. The van der Waals surface area contributed by atoms with Gasteiger partial charge in [-0.3, -0.25) is 43.7 Å². The first-order valence-electron chi connectivity index (χ1n) is 22.3. The lowest BCUT2D eigenvalue weighted by Crippen LogP contribution is -2.56. The van der Waals surface area contributed by atoms with Crippen molar-refractivity contribution in [2.24, 2.45) is 22.7 Å². The normalized spacial score (nSPS) is 16.7. The van der Waals surface area contributed by atoms with Crippen LogP contribution in [0.4, 0.5) is 0 Å². The summed E-state index contributed by atoms with van der Waals surface area (Å²) < 4.78 is 11.9. The second-order valence-corrected chi connectivity index (χ2v) is 20.1. The number of Topliss-reactive ketones (excluding diaryl/α,β-unsaturated/α-hetero) is 2. The third-order valence-electron chi connectivity index (χ3n) is 11.5. The van der Waals surface area contributed by atoms with E-state index in [0.29, 0.717) is 38.8 Å². The van der Waals surface area contributed by atoms with Crippen LogP contribution in [0.1, 0.15) is 120 Å². The molecule has 1 saturated carbocycles. The number of ketones is 2. The van der Waals surface area contributed by atoms with E-state index in [1.54, 1.807) is 55.4 Å². The number of carbonyl (C=O) groups excluding carboxylic acids is 6. The smallest absolute Gasteiger partial charge is 0.326 e. The molecule has 372 valence electrons. The molecular weight excluding hydrogens is 963 g/mol. The number of amides is 4. The molecule has 21 heteroatoms. The van der Waals surface area contributed by atoms with E-state index in [2.05, 4.69) is 54.5 Å². The van der Waals surface area contributed by atoms with E-state index < -0.39 is 81.8 Å². The zero-order chi connectivity index (χ0) is 49.6. The van der Waals surface area contributed by atoms with Gasteiger partial charge in [-0.15, -0.1) is 0 Å². The highest BCUT2D eigenvalue weighted by atomic mass is 127. The Bertz CT molecular complexity index is 1630. The van der Waals surface area contributed by atoms with Crippen molar-refractivity contribution in [2.45, 2.75) is 143 Å². The summed E-state index contributed by atoms with van der Waals surface area (Å²) in [6, 6.07) is -2.62. The van der Waals surface area contributed by atoms with Gasteiger partial charge in [0.1, 0.15) is 12.6 Å². The molecule has 0 heterocycles. The van der Waals surface area contributed by atoms with E-state index in [4.69, 9.17) is 9.47 Å². The highest BCUT2D eigenvalue weighted by Crippen LogP contribution is 2.35. The first-order chi connectivity index (χ1) is 30.1. The van der Waals surface area contributed by atoms with Crippen LogP contribution in [0.15, 0.2) is 0 Å². The highest BCUT2D eigenvalue weighted by molar-refractivity contribution is 14.1. The van der Waals surface area contributed by atoms with Crippen molar-refractivity contribution in [3.8, 4) is 0 Å². The van der Waals surface area contributed by atoms with Gasteiger partial charge in [0.25, 0.3) is 0 Å². The van der Waals surface area contributed by atoms with Crippen molar-refractivity contribution in [1.29, 1.82) is 0 Å². The van der Waals surface area contributed by atoms with Gasteiger partial charge >= 0.3 is 17.9 Å². The lowest BCUT2D eigenvalue weighted by atomic mass is 9.74. The summed E-state index contributed by atoms with van der Waals surface area (Å²) >= 11 is 2.22. The molecule has 0 spiro atoms. The predicted octanol–water partition coefficient (Wildman–Crippen LogP) is 1.98. The van der Waals surface area contributed by atoms with Crippen LogP contribution in [-0.4, -0.2) is 149 Å². The molecule has 1 aliphatic carbocycles. The maximum atomic E-state index is 13.6. The third-order valence-corrected chi connectivity index (χ3v) is 12.2. The molecule has 0 aromatic heterocycles. The highest BCUT2D eigenvalue weighted by Gasteiger charge is 2.40. The maximum absolute atomic E-state index is 13.6. The zero-order valence-electron chi connectivity index (χ0n) is 39.5. The van der Waals surface area contributed by atoms with Crippen LogP contribution < -0.4 is 31.9 Å². The van der Waals surface area contributed by atoms with Crippen LogP contribution in [0.3, 0.4) is 0 Å². The number of aliphatic carboxylic acids is 3. The van der Waals surface area contributed by atoms with Crippen LogP contribution in [0.25, 0.3) is 0 Å². The Labute approximate surface area is 396 Å². The fourth-order valence-electron chi connectivity index (χ4n) is 7.27. The quantitative estimate of drug-likeness (QED) is 0.0253. The standard InChI is InChI=1S/C44H75IN6O14/c1-41(2,27-42(3,4)40(62)63)39(61)47-24-28-10-12-29(13-11-28)37(58)51-31(38(59)60)14-16-33(53)50-30(15-17-35(55)56)36(57)44(7,8)48-20-21-64-22-23-65-26-32(52)43(5,6)49-25-34(54)46-19-9-18-45/h28-31,48-49H,9-27H2,1-8H3,(H,46,54)(H,47,61)(H,50,53)(H,51,58)(H,55,56)(H,59,60)(H,62,63). The van der Waals surface area contributed by atoms with E-state index >= 15 is 0 Å². The van der Waals surface area contributed by atoms with Crippen molar-refractivity contribution in [1.82, 2.24) is 31.9 Å². The summed E-state index contributed by atoms with van der Waals surface area (Å²) in [5.74, 6) is -6.30. The Morgan fingerprint density at radius 1 is 0.677 bits per heavy atom. The minimum atomic E-state index is -1.40. The molecule has 0 aromatic rings. The maximum Gasteiger partial charge on any atom is 0.326 e. The number of carboxylic acid groups (broad SMARTS) is 3. The summed E-state index contributed by atoms with van der Waals surface area (Å²) in [5, 5.41) is 45.4. The van der Waals surface area contributed by atoms with Crippen LogP contribution in [0.2, 0.25) is 0 Å². The van der Waals surface area contributed by atoms with Crippen molar-refractivity contribution >= 4 is 75.7 Å². The van der Waals surface area contributed by atoms with E-state index in [1.165, 1.54) is 0 Å². The van der Waals surface area contributed by atoms with Gasteiger partial charge in [-0.2, -0.15) is 0 Å². The molecule has 9 N–H and O–H groups in total. The van der Waals surface area contributed by atoms with E-state index in [1.807, 2.05) is 0 Å². The second-order valence-electron chi connectivity index (χ2n) is 19.0. The number of hydrogen-bond acceptors (Lipinski definition) is 13. The Morgan fingerprint density at radius 3 is 1.88 bits per heavy atom. The molecule has 2 unspecified atom stereocenters. The van der Waals surface area contributed by atoms with E-state index in [9.17, 15) is 58.5 Å². The SMILES string of the molecule is CC(C)(CC(C)(C)C(=O)NCC1CCC(C(=O)NC(CCC(=O)NC(CCC(=O)O)C(=O)C(C)(C)NCCOCCOCC(=O)C(C)(C)NCC(=O)NCCCI)C(=O)O)CC1)C(=O)O. The summed E-state index contributed by atoms with van der Waals surface area (Å²) in [7, 11) is 0. The Balaban J connectivity index is 2.58. The van der Waals surface area contributed by atoms with E-state index in [-0.39, 0.29) is 88.7 Å².